The van der Waals surface area contributed by atoms with Gasteiger partial charge in [0.15, 0.2) is 0 Å². The van der Waals surface area contributed by atoms with Gasteiger partial charge in [0.05, 0.1) is 6.10 Å². The molecule has 1 N–H and O–H groups in total. The number of aliphatic hydroxyl groups is 1. The third kappa shape index (κ3) is 3.35. The predicted octanol–water partition coefficient (Wildman–Crippen LogP) is 5.00. The largest absolute Gasteiger partial charge is 0.387 e. The fraction of sp³-hybridized carbons (Fsp3) is 0.286. The molecule has 0 amide bonds. The second-order valence-corrected chi connectivity index (χ2v) is 6.64. The van der Waals surface area contributed by atoms with Crippen molar-refractivity contribution in [1.29, 1.82) is 0 Å². The highest BCUT2D eigenvalue weighted by molar-refractivity contribution is 9.10. The highest BCUT2D eigenvalue weighted by Crippen LogP contribution is 2.29. The summed E-state index contributed by atoms with van der Waals surface area (Å²) in [5.74, 6) is 0. The van der Waals surface area contributed by atoms with Crippen molar-refractivity contribution < 1.29 is 5.11 Å². The Balaban J connectivity index is 2.13. The van der Waals surface area contributed by atoms with Crippen LogP contribution in [0.25, 0.3) is 0 Å². The molecule has 2 aromatic rings. The Morgan fingerprint density at radius 2 is 2.11 bits per heavy atom. The molecule has 1 atom stereocenters. The number of aliphatic hydroxyl groups excluding tert-OH is 1. The monoisotopic (exact) mass is 344 g/mol. The Bertz CT molecular complexity index is 538. The molecule has 0 aliphatic rings. The maximum absolute atomic E-state index is 10.2. The van der Waals surface area contributed by atoms with Crippen molar-refractivity contribution in [3.05, 3.63) is 55.1 Å². The molecule has 2 rings (SSSR count). The SMILES string of the molecule is CCc1ccc(C(O)Cc2ccc(Br)cc2Cl)s1. The summed E-state index contributed by atoms with van der Waals surface area (Å²) in [7, 11) is 0. The number of benzene rings is 1. The summed E-state index contributed by atoms with van der Waals surface area (Å²) < 4.78 is 0.954. The molecule has 18 heavy (non-hydrogen) atoms. The second kappa shape index (κ2) is 6.20. The lowest BCUT2D eigenvalue weighted by Crippen LogP contribution is -2.00. The third-order valence-electron chi connectivity index (χ3n) is 2.79. The van der Waals surface area contributed by atoms with E-state index in [9.17, 15) is 5.11 Å². The summed E-state index contributed by atoms with van der Waals surface area (Å²) in [6, 6.07) is 9.83. The van der Waals surface area contributed by atoms with Gasteiger partial charge in [-0.3, -0.25) is 0 Å². The molecule has 0 spiro atoms. The summed E-state index contributed by atoms with van der Waals surface area (Å²) in [4.78, 5) is 2.30. The molecule has 0 saturated carbocycles. The van der Waals surface area contributed by atoms with E-state index in [1.54, 1.807) is 11.3 Å². The van der Waals surface area contributed by atoms with Crippen LogP contribution in [0.4, 0.5) is 0 Å². The van der Waals surface area contributed by atoms with Gasteiger partial charge in [-0.1, -0.05) is 40.5 Å². The average Bonchev–Trinajstić information content (AvgIpc) is 2.81. The smallest absolute Gasteiger partial charge is 0.0922 e. The predicted molar refractivity (Wildman–Crippen MR) is 81.5 cm³/mol. The summed E-state index contributed by atoms with van der Waals surface area (Å²) in [6.45, 7) is 2.12. The topological polar surface area (TPSA) is 20.2 Å². The molecular formula is C14H14BrClOS. The van der Waals surface area contributed by atoms with Crippen molar-refractivity contribution in [3.63, 3.8) is 0 Å². The zero-order chi connectivity index (χ0) is 13.1. The lowest BCUT2D eigenvalue weighted by Gasteiger charge is -2.10. The molecule has 1 heterocycles. The number of halogens is 2. The molecule has 0 bridgehead atoms. The Hall–Kier alpha value is -0.350. The zero-order valence-electron chi connectivity index (χ0n) is 9.99. The molecule has 1 nitrogen and oxygen atoms in total. The fourth-order valence-electron chi connectivity index (χ4n) is 1.76. The van der Waals surface area contributed by atoms with Gasteiger partial charge in [-0.25, -0.2) is 0 Å². The first-order valence-corrected chi connectivity index (χ1v) is 7.79. The molecule has 0 radical (unpaired) electrons. The Morgan fingerprint density at radius 3 is 2.72 bits per heavy atom. The van der Waals surface area contributed by atoms with Crippen LogP contribution in [0.5, 0.6) is 0 Å². The zero-order valence-corrected chi connectivity index (χ0v) is 13.1. The summed E-state index contributed by atoms with van der Waals surface area (Å²) in [5, 5.41) is 10.9. The van der Waals surface area contributed by atoms with Crippen LogP contribution in [0.1, 0.15) is 28.3 Å². The minimum Gasteiger partial charge on any atom is -0.387 e. The highest BCUT2D eigenvalue weighted by atomic mass is 79.9. The molecule has 0 aliphatic heterocycles. The van der Waals surface area contributed by atoms with Crippen LogP contribution in [-0.4, -0.2) is 5.11 Å². The summed E-state index contributed by atoms with van der Waals surface area (Å²) >= 11 is 11.2. The van der Waals surface area contributed by atoms with Crippen LogP contribution >= 0.6 is 38.9 Å². The first-order chi connectivity index (χ1) is 8.60. The van der Waals surface area contributed by atoms with E-state index < -0.39 is 6.10 Å². The Morgan fingerprint density at radius 1 is 1.33 bits per heavy atom. The lowest BCUT2D eigenvalue weighted by molar-refractivity contribution is 0.182. The number of thiophene rings is 1. The maximum Gasteiger partial charge on any atom is 0.0922 e. The number of rotatable bonds is 4. The first-order valence-electron chi connectivity index (χ1n) is 5.80. The van der Waals surface area contributed by atoms with Gasteiger partial charge in [0, 0.05) is 25.7 Å². The molecule has 1 aromatic heterocycles. The van der Waals surface area contributed by atoms with Gasteiger partial charge in [0.25, 0.3) is 0 Å². The van der Waals surface area contributed by atoms with E-state index in [0.717, 1.165) is 21.3 Å². The minimum atomic E-state index is -0.478. The van der Waals surface area contributed by atoms with Crippen molar-refractivity contribution in [3.8, 4) is 0 Å². The number of hydrogen-bond donors (Lipinski definition) is 1. The normalized spacial score (nSPS) is 12.7. The van der Waals surface area contributed by atoms with Crippen LogP contribution in [0.15, 0.2) is 34.8 Å². The average molecular weight is 346 g/mol. The molecule has 0 fully saturated rings. The molecule has 96 valence electrons. The van der Waals surface area contributed by atoms with E-state index in [1.807, 2.05) is 24.3 Å². The van der Waals surface area contributed by atoms with E-state index >= 15 is 0 Å². The van der Waals surface area contributed by atoms with E-state index in [4.69, 9.17) is 11.6 Å². The highest BCUT2D eigenvalue weighted by Gasteiger charge is 2.13. The van der Waals surface area contributed by atoms with Crippen LogP contribution in [-0.2, 0) is 12.8 Å². The summed E-state index contributed by atoms with van der Waals surface area (Å²) in [5.41, 5.74) is 0.971. The van der Waals surface area contributed by atoms with Crippen molar-refractivity contribution in [2.24, 2.45) is 0 Å². The van der Waals surface area contributed by atoms with Crippen molar-refractivity contribution >= 4 is 38.9 Å². The lowest BCUT2D eigenvalue weighted by atomic mass is 10.1. The molecule has 4 heteroatoms. The number of aryl methyl sites for hydroxylation is 1. The van der Waals surface area contributed by atoms with Gasteiger partial charge in [0.2, 0.25) is 0 Å². The van der Waals surface area contributed by atoms with E-state index in [-0.39, 0.29) is 0 Å². The quantitative estimate of drug-likeness (QED) is 0.826. The molecule has 0 aliphatic carbocycles. The van der Waals surface area contributed by atoms with Gasteiger partial charge in [-0.15, -0.1) is 11.3 Å². The van der Waals surface area contributed by atoms with E-state index in [1.165, 1.54) is 4.88 Å². The Labute approximate surface area is 125 Å². The van der Waals surface area contributed by atoms with Crippen LogP contribution in [0.3, 0.4) is 0 Å². The first kappa shape index (κ1) is 14.1. The maximum atomic E-state index is 10.2. The molecule has 1 unspecified atom stereocenters. The van der Waals surface area contributed by atoms with E-state index in [0.29, 0.717) is 11.4 Å². The van der Waals surface area contributed by atoms with Crippen molar-refractivity contribution in [2.75, 3.05) is 0 Å². The number of hydrogen-bond acceptors (Lipinski definition) is 2. The van der Waals surface area contributed by atoms with Gasteiger partial charge in [-0.2, -0.15) is 0 Å². The van der Waals surface area contributed by atoms with Gasteiger partial charge in [0.1, 0.15) is 0 Å². The van der Waals surface area contributed by atoms with E-state index in [2.05, 4.69) is 28.9 Å². The minimum absolute atomic E-state index is 0.478. The van der Waals surface area contributed by atoms with Gasteiger partial charge < -0.3 is 5.11 Å². The van der Waals surface area contributed by atoms with Crippen LogP contribution < -0.4 is 0 Å². The molecule has 1 aromatic carbocycles. The fourth-order valence-corrected chi connectivity index (χ4v) is 3.45. The van der Waals surface area contributed by atoms with Crippen molar-refractivity contribution in [1.82, 2.24) is 0 Å². The molecule has 0 saturated heterocycles. The van der Waals surface area contributed by atoms with Crippen LogP contribution in [0, 0.1) is 0 Å². The van der Waals surface area contributed by atoms with Gasteiger partial charge >= 0.3 is 0 Å². The third-order valence-corrected chi connectivity index (χ3v) is 4.96. The van der Waals surface area contributed by atoms with Gasteiger partial charge in [-0.05, 0) is 36.2 Å². The van der Waals surface area contributed by atoms with Crippen LogP contribution in [0.2, 0.25) is 5.02 Å². The summed E-state index contributed by atoms with van der Waals surface area (Å²) in [6.07, 6.45) is 1.08. The second-order valence-electron chi connectivity index (χ2n) is 4.11. The van der Waals surface area contributed by atoms with Crippen molar-refractivity contribution in [2.45, 2.75) is 25.9 Å². The standard InChI is InChI=1S/C14H14BrClOS/c1-2-11-5-6-14(18-11)13(17)7-9-3-4-10(15)8-12(9)16/h3-6,8,13,17H,2,7H2,1H3. The Kier molecular flexibility index (Phi) is 4.84. The molecular weight excluding hydrogens is 332 g/mol.